The fourth-order valence-electron chi connectivity index (χ4n) is 1.78. The van der Waals surface area contributed by atoms with E-state index in [9.17, 15) is 4.79 Å². The van der Waals surface area contributed by atoms with Gasteiger partial charge in [-0.15, -0.1) is 0 Å². The number of halogens is 1. The van der Waals surface area contributed by atoms with E-state index in [-0.39, 0.29) is 6.03 Å². The van der Waals surface area contributed by atoms with Gasteiger partial charge in [0.1, 0.15) is 0 Å². The first kappa shape index (κ1) is 11.8. The third-order valence-corrected chi connectivity index (χ3v) is 2.96. The van der Waals surface area contributed by atoms with Gasteiger partial charge in [-0.1, -0.05) is 17.7 Å². The number of aromatic nitrogens is 1. The third-order valence-electron chi connectivity index (χ3n) is 2.63. The quantitative estimate of drug-likeness (QED) is 0.847. The summed E-state index contributed by atoms with van der Waals surface area (Å²) in [5.41, 5.74) is 1.94. The predicted octanol–water partition coefficient (Wildman–Crippen LogP) is 2.59. The lowest BCUT2D eigenvalue weighted by Crippen LogP contribution is -2.34. The van der Waals surface area contributed by atoms with E-state index in [1.165, 1.54) is 0 Å². The van der Waals surface area contributed by atoms with Crippen LogP contribution in [0.2, 0.25) is 5.02 Å². The van der Waals surface area contributed by atoms with E-state index in [4.69, 9.17) is 11.6 Å². The van der Waals surface area contributed by atoms with Crippen LogP contribution in [0.4, 0.5) is 4.79 Å². The Labute approximate surface area is 105 Å². The Morgan fingerprint density at radius 2 is 2.29 bits per heavy atom. The highest BCUT2D eigenvalue weighted by atomic mass is 35.5. The molecule has 0 unspecified atom stereocenters. The van der Waals surface area contributed by atoms with Crippen molar-refractivity contribution in [2.75, 3.05) is 14.1 Å². The summed E-state index contributed by atoms with van der Waals surface area (Å²) in [5.74, 6) is 0. The fourth-order valence-corrected chi connectivity index (χ4v) is 2.01. The molecule has 0 aliphatic carbocycles. The summed E-state index contributed by atoms with van der Waals surface area (Å²) in [7, 11) is 3.35. The lowest BCUT2D eigenvalue weighted by molar-refractivity contribution is 0.209. The molecule has 4 nitrogen and oxygen atoms in total. The van der Waals surface area contributed by atoms with E-state index in [2.05, 4.69) is 10.3 Å². The van der Waals surface area contributed by atoms with Crippen molar-refractivity contribution in [1.82, 2.24) is 15.2 Å². The highest BCUT2D eigenvalue weighted by Crippen LogP contribution is 2.24. The number of aromatic amines is 1. The van der Waals surface area contributed by atoms with Crippen LogP contribution in [0.1, 0.15) is 5.69 Å². The molecule has 0 radical (unpaired) electrons. The van der Waals surface area contributed by atoms with Crippen molar-refractivity contribution in [3.63, 3.8) is 0 Å². The number of carbonyl (C=O) groups excluding carboxylic acids is 1. The molecular weight excluding hydrogens is 238 g/mol. The van der Waals surface area contributed by atoms with Gasteiger partial charge in [-0.05, 0) is 18.2 Å². The van der Waals surface area contributed by atoms with Gasteiger partial charge in [-0.25, -0.2) is 4.79 Å². The van der Waals surface area contributed by atoms with Crippen LogP contribution in [0.15, 0.2) is 24.3 Å². The average molecular weight is 252 g/mol. The maximum Gasteiger partial charge on any atom is 0.317 e. The molecule has 0 bridgehead atoms. The lowest BCUT2D eigenvalue weighted by Gasteiger charge is -2.14. The molecule has 0 saturated carbocycles. The molecule has 17 heavy (non-hydrogen) atoms. The molecule has 1 aromatic heterocycles. The van der Waals surface area contributed by atoms with Gasteiger partial charge in [0.05, 0.1) is 6.54 Å². The molecule has 2 rings (SSSR count). The van der Waals surface area contributed by atoms with Gasteiger partial charge in [-0.3, -0.25) is 0 Å². The highest BCUT2D eigenvalue weighted by Gasteiger charge is 2.09. The highest BCUT2D eigenvalue weighted by molar-refractivity contribution is 6.35. The topological polar surface area (TPSA) is 48.1 Å². The maximum absolute atomic E-state index is 11.4. The van der Waals surface area contributed by atoms with Gasteiger partial charge in [0, 0.05) is 35.7 Å². The molecule has 90 valence electrons. The van der Waals surface area contributed by atoms with Crippen molar-refractivity contribution >= 4 is 28.5 Å². The molecule has 2 aromatic rings. The smallest absolute Gasteiger partial charge is 0.317 e. The van der Waals surface area contributed by atoms with E-state index in [1.54, 1.807) is 19.0 Å². The summed E-state index contributed by atoms with van der Waals surface area (Å²) in [6.45, 7) is 0.519. The number of nitrogens with one attached hydrogen (secondary N) is 2. The standard InChI is InChI=1S/C12H14ClN3O/c1-14-12(17)16(2)7-8-6-9-10(13)4-3-5-11(9)15-8/h3-6,15H,7H2,1-2H3,(H,14,17). The predicted molar refractivity (Wildman–Crippen MR) is 69.2 cm³/mol. The minimum atomic E-state index is -0.116. The number of hydrogen-bond donors (Lipinski definition) is 2. The summed E-state index contributed by atoms with van der Waals surface area (Å²) in [6, 6.07) is 7.56. The molecule has 5 heteroatoms. The van der Waals surface area contributed by atoms with Crippen LogP contribution in [0, 0.1) is 0 Å². The number of amides is 2. The van der Waals surface area contributed by atoms with Crippen LogP contribution >= 0.6 is 11.6 Å². The van der Waals surface area contributed by atoms with Crippen LogP contribution in [0.5, 0.6) is 0 Å². The number of hydrogen-bond acceptors (Lipinski definition) is 1. The number of urea groups is 1. The van der Waals surface area contributed by atoms with Crippen molar-refractivity contribution in [2.45, 2.75) is 6.54 Å². The van der Waals surface area contributed by atoms with Gasteiger partial charge in [-0.2, -0.15) is 0 Å². The molecule has 0 saturated heterocycles. The van der Waals surface area contributed by atoms with Crippen molar-refractivity contribution in [2.24, 2.45) is 0 Å². The minimum Gasteiger partial charge on any atom is -0.357 e. The lowest BCUT2D eigenvalue weighted by atomic mass is 10.2. The van der Waals surface area contributed by atoms with Gasteiger partial charge >= 0.3 is 6.03 Å². The molecule has 1 heterocycles. The average Bonchev–Trinajstić information content (AvgIpc) is 2.72. The van der Waals surface area contributed by atoms with Gasteiger partial charge in [0.2, 0.25) is 0 Å². The summed E-state index contributed by atoms with van der Waals surface area (Å²) in [6.07, 6.45) is 0. The molecule has 2 N–H and O–H groups in total. The van der Waals surface area contributed by atoms with Crippen molar-refractivity contribution in [3.05, 3.63) is 35.0 Å². The first-order chi connectivity index (χ1) is 8.11. The van der Waals surface area contributed by atoms with Gasteiger partial charge < -0.3 is 15.2 Å². The van der Waals surface area contributed by atoms with Crippen LogP contribution < -0.4 is 5.32 Å². The Balaban J connectivity index is 2.26. The van der Waals surface area contributed by atoms with Crippen LogP contribution in [-0.4, -0.2) is 30.0 Å². The number of rotatable bonds is 2. The van der Waals surface area contributed by atoms with E-state index in [0.29, 0.717) is 11.6 Å². The largest absolute Gasteiger partial charge is 0.357 e. The Kier molecular flexibility index (Phi) is 3.24. The zero-order valence-corrected chi connectivity index (χ0v) is 10.5. The van der Waals surface area contributed by atoms with E-state index in [0.717, 1.165) is 16.6 Å². The SMILES string of the molecule is CNC(=O)N(C)Cc1cc2c(Cl)cccc2[nH]1. The summed E-state index contributed by atoms with van der Waals surface area (Å²) < 4.78 is 0. The molecule has 1 aromatic carbocycles. The Morgan fingerprint density at radius 1 is 1.53 bits per heavy atom. The molecule has 0 aliphatic rings. The fraction of sp³-hybridized carbons (Fsp3) is 0.250. The zero-order valence-electron chi connectivity index (χ0n) is 9.75. The molecular formula is C12H14ClN3O. The number of benzene rings is 1. The van der Waals surface area contributed by atoms with Crippen LogP contribution in [0.25, 0.3) is 10.9 Å². The van der Waals surface area contributed by atoms with E-state index >= 15 is 0 Å². The molecule has 2 amide bonds. The molecule has 0 fully saturated rings. The van der Waals surface area contributed by atoms with Crippen LogP contribution in [-0.2, 0) is 6.54 Å². The Hall–Kier alpha value is -1.68. The third kappa shape index (κ3) is 2.36. The van der Waals surface area contributed by atoms with Crippen molar-refractivity contribution < 1.29 is 4.79 Å². The molecule has 0 atom stereocenters. The molecule has 0 spiro atoms. The zero-order chi connectivity index (χ0) is 12.4. The number of nitrogens with zero attached hydrogens (tertiary/aromatic N) is 1. The summed E-state index contributed by atoms with van der Waals surface area (Å²) in [5, 5.41) is 4.27. The molecule has 0 aliphatic heterocycles. The monoisotopic (exact) mass is 251 g/mol. The van der Waals surface area contributed by atoms with Gasteiger partial charge in [0.25, 0.3) is 0 Å². The summed E-state index contributed by atoms with van der Waals surface area (Å²) >= 11 is 6.08. The number of H-pyrrole nitrogens is 1. The van der Waals surface area contributed by atoms with Crippen molar-refractivity contribution in [1.29, 1.82) is 0 Å². The number of fused-ring (bicyclic) bond motifs is 1. The van der Waals surface area contributed by atoms with Gasteiger partial charge in [0.15, 0.2) is 0 Å². The second-order valence-corrected chi connectivity index (χ2v) is 4.31. The van der Waals surface area contributed by atoms with E-state index in [1.807, 2.05) is 24.3 Å². The van der Waals surface area contributed by atoms with E-state index < -0.39 is 0 Å². The van der Waals surface area contributed by atoms with Crippen molar-refractivity contribution in [3.8, 4) is 0 Å². The second kappa shape index (κ2) is 4.67. The first-order valence-corrected chi connectivity index (χ1v) is 5.68. The minimum absolute atomic E-state index is 0.116. The summed E-state index contributed by atoms with van der Waals surface area (Å²) in [4.78, 5) is 16.2. The Bertz CT molecular complexity index is 550. The normalized spacial score (nSPS) is 10.5. The second-order valence-electron chi connectivity index (χ2n) is 3.91. The van der Waals surface area contributed by atoms with Crippen LogP contribution in [0.3, 0.4) is 0 Å². The first-order valence-electron chi connectivity index (χ1n) is 5.31. The number of carbonyl (C=O) groups is 1. The maximum atomic E-state index is 11.4. The Morgan fingerprint density at radius 3 is 2.94 bits per heavy atom.